The smallest absolute Gasteiger partial charge is 0.278 e. The van der Waals surface area contributed by atoms with Crippen LogP contribution in [0.15, 0.2) is 78.0 Å². The zero-order valence-corrected chi connectivity index (χ0v) is 12.8. The summed E-state index contributed by atoms with van der Waals surface area (Å²) in [5, 5.41) is 8.17. The number of aromatic nitrogens is 2. The van der Waals surface area contributed by atoms with E-state index in [2.05, 4.69) is 15.6 Å². The molecule has 0 saturated heterocycles. The minimum atomic E-state index is -2.65. The number of nitrogens with one attached hydrogen (secondary N) is 1. The highest BCUT2D eigenvalue weighted by Crippen LogP contribution is 2.11. The van der Waals surface area contributed by atoms with E-state index >= 15 is 0 Å². The Labute approximate surface area is 138 Å². The van der Waals surface area contributed by atoms with Gasteiger partial charge in [0.15, 0.2) is 0 Å². The number of hydrogen-bond acceptors (Lipinski definition) is 3. The van der Waals surface area contributed by atoms with Gasteiger partial charge in [0.25, 0.3) is 6.43 Å². The molecule has 1 N–H and O–H groups in total. The van der Waals surface area contributed by atoms with Crippen LogP contribution in [0.4, 0.5) is 14.5 Å². The molecule has 1 aromatic heterocycles. The molecule has 4 nitrogen and oxygen atoms in total. The minimum Gasteiger partial charge on any atom is -0.278 e. The number of rotatable bonds is 6. The first-order valence-electron chi connectivity index (χ1n) is 7.48. The van der Waals surface area contributed by atoms with E-state index in [9.17, 15) is 8.78 Å². The van der Waals surface area contributed by atoms with Crippen LogP contribution in [0.2, 0.25) is 0 Å². The van der Waals surface area contributed by atoms with Gasteiger partial charge in [-0.15, -0.1) is 0 Å². The van der Waals surface area contributed by atoms with E-state index in [-0.39, 0.29) is 12.1 Å². The van der Waals surface area contributed by atoms with Crippen LogP contribution in [0, 0.1) is 0 Å². The van der Waals surface area contributed by atoms with Gasteiger partial charge in [-0.25, -0.2) is 13.5 Å². The Kier molecular flexibility index (Phi) is 4.96. The molecule has 0 aliphatic carbocycles. The fourth-order valence-corrected chi connectivity index (χ4v) is 2.18. The van der Waals surface area contributed by atoms with Crippen molar-refractivity contribution in [2.75, 3.05) is 5.43 Å². The van der Waals surface area contributed by atoms with E-state index in [1.165, 1.54) is 0 Å². The highest BCUT2D eigenvalue weighted by atomic mass is 19.3. The highest BCUT2D eigenvalue weighted by Gasteiger charge is 2.16. The maximum absolute atomic E-state index is 13.2. The van der Waals surface area contributed by atoms with E-state index in [4.69, 9.17) is 0 Å². The molecule has 6 heteroatoms. The third-order valence-electron chi connectivity index (χ3n) is 3.38. The lowest BCUT2D eigenvalue weighted by molar-refractivity contribution is 0.223. The SMILES string of the molecule is FC(F)C(Cc1ccn(-c2ccccc2)n1)=NNc1ccccc1. The molecule has 3 aromatic rings. The van der Waals surface area contributed by atoms with Gasteiger partial charge in [-0.3, -0.25) is 5.43 Å². The summed E-state index contributed by atoms with van der Waals surface area (Å²) in [5.74, 6) is 0. The Hall–Kier alpha value is -3.02. The number of nitrogens with zero attached hydrogens (tertiary/aromatic N) is 3. The fourth-order valence-electron chi connectivity index (χ4n) is 2.18. The molecule has 1 heterocycles. The van der Waals surface area contributed by atoms with Crippen molar-refractivity contribution >= 4 is 11.4 Å². The van der Waals surface area contributed by atoms with Crippen molar-refractivity contribution in [2.24, 2.45) is 5.10 Å². The number of anilines is 1. The lowest BCUT2D eigenvalue weighted by Crippen LogP contribution is -2.16. The first-order valence-corrected chi connectivity index (χ1v) is 7.48. The third kappa shape index (κ3) is 4.04. The number of para-hydroxylation sites is 2. The Bertz CT molecular complexity index is 798. The van der Waals surface area contributed by atoms with Crippen molar-refractivity contribution in [3.05, 3.63) is 78.6 Å². The second kappa shape index (κ2) is 7.50. The molecule has 0 aliphatic rings. The molecule has 0 radical (unpaired) electrons. The molecule has 3 rings (SSSR count). The lowest BCUT2D eigenvalue weighted by Gasteiger charge is -2.06. The molecule has 122 valence electrons. The van der Waals surface area contributed by atoms with Gasteiger partial charge in [-0.05, 0) is 30.3 Å². The predicted octanol–water partition coefficient (Wildman–Crippen LogP) is 4.15. The van der Waals surface area contributed by atoms with Crippen LogP contribution >= 0.6 is 0 Å². The monoisotopic (exact) mass is 326 g/mol. The van der Waals surface area contributed by atoms with Crippen LogP contribution in [0.5, 0.6) is 0 Å². The molecule has 0 unspecified atom stereocenters. The van der Waals surface area contributed by atoms with Crippen LogP contribution < -0.4 is 5.43 Å². The van der Waals surface area contributed by atoms with Crippen LogP contribution in [0.3, 0.4) is 0 Å². The predicted molar refractivity (Wildman–Crippen MR) is 90.8 cm³/mol. The number of hydrogen-bond donors (Lipinski definition) is 1. The van der Waals surface area contributed by atoms with Crippen LogP contribution in [-0.2, 0) is 6.42 Å². The zero-order chi connectivity index (χ0) is 16.8. The quantitative estimate of drug-likeness (QED) is 0.546. The molecule has 2 aromatic carbocycles. The normalized spacial score (nSPS) is 11.7. The number of alkyl halides is 2. The van der Waals surface area contributed by atoms with Crippen molar-refractivity contribution in [2.45, 2.75) is 12.8 Å². The maximum atomic E-state index is 13.2. The van der Waals surface area contributed by atoms with Crippen molar-refractivity contribution in [1.82, 2.24) is 9.78 Å². The molecule has 0 amide bonds. The fraction of sp³-hybridized carbons (Fsp3) is 0.111. The average molecular weight is 326 g/mol. The van der Waals surface area contributed by atoms with Gasteiger partial charge < -0.3 is 0 Å². The second-order valence-electron chi connectivity index (χ2n) is 5.15. The van der Waals surface area contributed by atoms with Crippen molar-refractivity contribution in [1.29, 1.82) is 0 Å². The molecular weight excluding hydrogens is 310 g/mol. The summed E-state index contributed by atoms with van der Waals surface area (Å²) < 4.78 is 28.1. The molecule has 0 saturated carbocycles. The van der Waals surface area contributed by atoms with Crippen molar-refractivity contribution in [3.8, 4) is 5.69 Å². The van der Waals surface area contributed by atoms with Gasteiger partial charge in [0.05, 0.1) is 17.1 Å². The highest BCUT2D eigenvalue weighted by molar-refractivity contribution is 5.89. The van der Waals surface area contributed by atoms with E-state index in [1.807, 2.05) is 36.4 Å². The van der Waals surface area contributed by atoms with Gasteiger partial charge in [0.1, 0.15) is 5.71 Å². The first kappa shape index (κ1) is 15.9. The van der Waals surface area contributed by atoms with Crippen molar-refractivity contribution in [3.63, 3.8) is 0 Å². The zero-order valence-electron chi connectivity index (χ0n) is 12.8. The van der Waals surface area contributed by atoms with Gasteiger partial charge in [0, 0.05) is 12.6 Å². The average Bonchev–Trinajstić information content (AvgIpc) is 3.09. The summed E-state index contributed by atoms with van der Waals surface area (Å²) >= 11 is 0. The molecule has 0 fully saturated rings. The molecule has 0 spiro atoms. The van der Waals surface area contributed by atoms with Crippen LogP contribution in [0.25, 0.3) is 5.69 Å². The summed E-state index contributed by atoms with van der Waals surface area (Å²) in [5.41, 5.74) is 4.47. The molecular formula is C18H16F2N4. The van der Waals surface area contributed by atoms with Gasteiger partial charge in [0.2, 0.25) is 0 Å². The largest absolute Gasteiger partial charge is 0.278 e. The Morgan fingerprint density at radius 2 is 1.67 bits per heavy atom. The van der Waals surface area contributed by atoms with E-state index in [0.29, 0.717) is 11.4 Å². The minimum absolute atomic E-state index is 0.0165. The molecule has 24 heavy (non-hydrogen) atoms. The first-order chi connectivity index (χ1) is 11.7. The Morgan fingerprint density at radius 1 is 1.00 bits per heavy atom. The number of halogens is 2. The number of benzene rings is 2. The third-order valence-corrected chi connectivity index (χ3v) is 3.38. The van der Waals surface area contributed by atoms with Gasteiger partial charge in [-0.2, -0.15) is 10.2 Å². The molecule has 0 atom stereocenters. The van der Waals surface area contributed by atoms with E-state index in [1.54, 1.807) is 41.2 Å². The summed E-state index contributed by atoms with van der Waals surface area (Å²) in [4.78, 5) is 0. The van der Waals surface area contributed by atoms with Crippen molar-refractivity contribution < 1.29 is 8.78 Å². The van der Waals surface area contributed by atoms with Crippen LogP contribution in [0.1, 0.15) is 5.69 Å². The van der Waals surface area contributed by atoms with Crippen LogP contribution in [-0.4, -0.2) is 21.9 Å². The lowest BCUT2D eigenvalue weighted by atomic mass is 10.2. The topological polar surface area (TPSA) is 42.2 Å². The van der Waals surface area contributed by atoms with Gasteiger partial charge in [-0.1, -0.05) is 36.4 Å². The summed E-state index contributed by atoms with van der Waals surface area (Å²) in [7, 11) is 0. The van der Waals surface area contributed by atoms with E-state index < -0.39 is 6.43 Å². The van der Waals surface area contributed by atoms with Gasteiger partial charge >= 0.3 is 0 Å². The second-order valence-corrected chi connectivity index (χ2v) is 5.15. The molecule has 0 bridgehead atoms. The summed E-state index contributed by atoms with van der Waals surface area (Å²) in [6.07, 6.45) is -0.918. The Balaban J connectivity index is 1.73. The maximum Gasteiger partial charge on any atom is 0.278 e. The summed E-state index contributed by atoms with van der Waals surface area (Å²) in [6, 6.07) is 20.2. The summed E-state index contributed by atoms with van der Waals surface area (Å²) in [6.45, 7) is 0. The molecule has 0 aliphatic heterocycles. The van der Waals surface area contributed by atoms with E-state index in [0.717, 1.165) is 5.69 Å². The Morgan fingerprint density at radius 3 is 2.33 bits per heavy atom. The standard InChI is InChI=1S/C18H16F2N4/c19-18(20)17(22-21-14-7-3-1-4-8-14)13-15-11-12-24(23-15)16-9-5-2-6-10-16/h1-12,18,21H,13H2. The number of hydrazone groups is 1.